The summed E-state index contributed by atoms with van der Waals surface area (Å²) in [4.78, 5) is 15.5. The summed E-state index contributed by atoms with van der Waals surface area (Å²) in [6, 6.07) is 0. The fourth-order valence-corrected chi connectivity index (χ4v) is 1.99. The van der Waals surface area contributed by atoms with Crippen LogP contribution < -0.4 is 5.73 Å². The highest BCUT2D eigenvalue weighted by molar-refractivity contribution is 14.1. The van der Waals surface area contributed by atoms with Gasteiger partial charge in [-0.05, 0) is 35.1 Å². The van der Waals surface area contributed by atoms with E-state index in [1.807, 2.05) is 0 Å². The van der Waals surface area contributed by atoms with Crippen molar-refractivity contribution in [3.05, 3.63) is 26.6 Å². The van der Waals surface area contributed by atoms with Crippen molar-refractivity contribution in [3.63, 3.8) is 0 Å². The van der Waals surface area contributed by atoms with Crippen molar-refractivity contribution in [1.82, 2.24) is 4.98 Å². The van der Waals surface area contributed by atoms with Crippen molar-refractivity contribution >= 4 is 28.6 Å². The van der Waals surface area contributed by atoms with E-state index in [0.717, 1.165) is 0 Å². The number of alkyl halides is 2. The minimum absolute atomic E-state index is 0.0439. The molecule has 0 bridgehead atoms. The Bertz CT molecular complexity index is 427. The summed E-state index contributed by atoms with van der Waals surface area (Å²) >= 11 is 1.66. The minimum Gasteiger partial charge on any atom is -0.462 e. The Balaban J connectivity index is 3.40. The van der Waals surface area contributed by atoms with Gasteiger partial charge in [-0.25, -0.2) is 18.6 Å². The molecule has 0 saturated carbocycles. The first-order valence-electron chi connectivity index (χ1n) is 4.85. The van der Waals surface area contributed by atoms with Gasteiger partial charge in [0.25, 0.3) is 6.43 Å². The molecule has 0 amide bonds. The van der Waals surface area contributed by atoms with Gasteiger partial charge in [0.05, 0.1) is 17.7 Å². The average molecular weight is 356 g/mol. The molecular weight excluding hydrogens is 345 g/mol. The zero-order valence-electron chi connectivity index (χ0n) is 9.04. The van der Waals surface area contributed by atoms with Crippen LogP contribution in [0.5, 0.6) is 0 Å². The van der Waals surface area contributed by atoms with Gasteiger partial charge in [-0.3, -0.25) is 0 Å². The van der Waals surface area contributed by atoms with Crippen LogP contribution in [0.25, 0.3) is 0 Å². The molecule has 0 aliphatic rings. The second-order valence-corrected chi connectivity index (χ2v) is 4.11. The Labute approximate surface area is 111 Å². The Morgan fingerprint density at radius 2 is 2.29 bits per heavy atom. The summed E-state index contributed by atoms with van der Waals surface area (Å²) < 4.78 is 30.7. The first-order chi connectivity index (χ1) is 8.02. The van der Waals surface area contributed by atoms with E-state index >= 15 is 0 Å². The molecule has 1 heterocycles. The number of aromatic nitrogens is 1. The van der Waals surface area contributed by atoms with E-state index in [-0.39, 0.29) is 28.0 Å². The average Bonchev–Trinajstić information content (AvgIpc) is 2.28. The molecule has 17 heavy (non-hydrogen) atoms. The molecule has 0 atom stereocenters. The Morgan fingerprint density at radius 1 is 1.65 bits per heavy atom. The van der Waals surface area contributed by atoms with E-state index in [4.69, 9.17) is 10.5 Å². The van der Waals surface area contributed by atoms with Crippen LogP contribution in [0.15, 0.2) is 6.20 Å². The Morgan fingerprint density at radius 3 is 2.76 bits per heavy atom. The topological polar surface area (TPSA) is 65.2 Å². The second-order valence-electron chi connectivity index (χ2n) is 3.09. The summed E-state index contributed by atoms with van der Waals surface area (Å²) in [7, 11) is 0. The fraction of sp³-hybridized carbons (Fsp3) is 0.400. The van der Waals surface area contributed by atoms with Crippen molar-refractivity contribution in [2.24, 2.45) is 5.73 Å². The quantitative estimate of drug-likeness (QED) is 0.511. The first-order valence-corrected chi connectivity index (χ1v) is 5.93. The van der Waals surface area contributed by atoms with Gasteiger partial charge in [0, 0.05) is 12.7 Å². The van der Waals surface area contributed by atoms with Gasteiger partial charge in [0.1, 0.15) is 3.70 Å². The molecule has 0 radical (unpaired) electrons. The minimum atomic E-state index is -2.79. The third-order valence-corrected chi connectivity index (χ3v) is 2.92. The predicted molar refractivity (Wildman–Crippen MR) is 65.8 cm³/mol. The van der Waals surface area contributed by atoms with Gasteiger partial charge >= 0.3 is 5.97 Å². The van der Waals surface area contributed by atoms with Crippen molar-refractivity contribution in [1.29, 1.82) is 0 Å². The molecule has 1 rings (SSSR count). The summed E-state index contributed by atoms with van der Waals surface area (Å²) in [5.74, 6) is -0.788. The SMILES string of the molecule is CCOC(=O)c1c(CN)cnc(I)c1C(F)F. The molecule has 2 N–H and O–H groups in total. The number of pyridine rings is 1. The number of esters is 1. The van der Waals surface area contributed by atoms with E-state index in [1.54, 1.807) is 29.5 Å². The van der Waals surface area contributed by atoms with Gasteiger partial charge < -0.3 is 10.5 Å². The third-order valence-electron chi connectivity index (χ3n) is 2.06. The molecule has 0 aliphatic heterocycles. The highest BCUT2D eigenvalue weighted by Gasteiger charge is 2.26. The number of nitrogens with zero attached hydrogens (tertiary/aromatic N) is 1. The van der Waals surface area contributed by atoms with Gasteiger partial charge in [-0.1, -0.05) is 0 Å². The van der Waals surface area contributed by atoms with Crippen LogP contribution in [0.1, 0.15) is 34.8 Å². The molecule has 0 aromatic carbocycles. The van der Waals surface area contributed by atoms with Gasteiger partial charge in [-0.15, -0.1) is 0 Å². The van der Waals surface area contributed by atoms with E-state index < -0.39 is 18.0 Å². The van der Waals surface area contributed by atoms with Crippen LogP contribution in [-0.2, 0) is 11.3 Å². The number of nitrogens with two attached hydrogens (primary N) is 1. The van der Waals surface area contributed by atoms with Crippen LogP contribution in [0.3, 0.4) is 0 Å². The fourth-order valence-electron chi connectivity index (χ4n) is 1.34. The molecule has 0 aliphatic carbocycles. The predicted octanol–water partition coefficient (Wildman–Crippen LogP) is 2.26. The van der Waals surface area contributed by atoms with Crippen molar-refractivity contribution in [3.8, 4) is 0 Å². The highest BCUT2D eigenvalue weighted by Crippen LogP contribution is 2.29. The lowest BCUT2D eigenvalue weighted by molar-refractivity contribution is 0.0513. The molecular formula is C10H11F2IN2O2. The van der Waals surface area contributed by atoms with Crippen LogP contribution >= 0.6 is 22.6 Å². The van der Waals surface area contributed by atoms with Crippen molar-refractivity contribution < 1.29 is 18.3 Å². The number of ether oxygens (including phenoxy) is 1. The van der Waals surface area contributed by atoms with E-state index in [1.165, 1.54) is 6.20 Å². The molecule has 7 heteroatoms. The lowest BCUT2D eigenvalue weighted by Gasteiger charge is -2.13. The number of carbonyl (C=O) groups is 1. The van der Waals surface area contributed by atoms with E-state index in [9.17, 15) is 13.6 Å². The number of hydrogen-bond acceptors (Lipinski definition) is 4. The molecule has 4 nitrogen and oxygen atoms in total. The largest absolute Gasteiger partial charge is 0.462 e. The van der Waals surface area contributed by atoms with Crippen LogP contribution in [0.4, 0.5) is 8.78 Å². The molecule has 94 valence electrons. The summed E-state index contributed by atoms with van der Waals surface area (Å²) in [5, 5.41) is 0. The lowest BCUT2D eigenvalue weighted by atomic mass is 10.0. The maximum Gasteiger partial charge on any atom is 0.339 e. The van der Waals surface area contributed by atoms with Gasteiger partial charge in [-0.2, -0.15) is 0 Å². The van der Waals surface area contributed by atoms with E-state index in [2.05, 4.69) is 4.98 Å². The molecule has 1 aromatic heterocycles. The molecule has 0 fully saturated rings. The van der Waals surface area contributed by atoms with Crippen molar-refractivity contribution in [2.75, 3.05) is 6.61 Å². The Kier molecular flexibility index (Phi) is 5.19. The number of hydrogen-bond donors (Lipinski definition) is 1. The monoisotopic (exact) mass is 356 g/mol. The summed E-state index contributed by atoms with van der Waals surface area (Å²) in [6.45, 7) is 1.68. The number of rotatable bonds is 4. The zero-order valence-corrected chi connectivity index (χ0v) is 11.2. The maximum absolute atomic E-state index is 12.9. The second kappa shape index (κ2) is 6.20. The highest BCUT2D eigenvalue weighted by atomic mass is 127. The lowest BCUT2D eigenvalue weighted by Crippen LogP contribution is -2.16. The zero-order chi connectivity index (χ0) is 13.0. The van der Waals surface area contributed by atoms with Crippen LogP contribution in [0.2, 0.25) is 0 Å². The van der Waals surface area contributed by atoms with Gasteiger partial charge in [0.2, 0.25) is 0 Å². The van der Waals surface area contributed by atoms with E-state index in [0.29, 0.717) is 0 Å². The summed E-state index contributed by atoms with van der Waals surface area (Å²) in [6.07, 6.45) is -1.47. The first kappa shape index (κ1) is 14.2. The normalized spacial score (nSPS) is 10.7. The molecule has 1 aromatic rings. The van der Waals surface area contributed by atoms with Gasteiger partial charge in [0.15, 0.2) is 0 Å². The molecule has 0 saturated heterocycles. The molecule has 0 unspecified atom stereocenters. The molecule has 0 spiro atoms. The standard InChI is InChI=1S/C10H11F2IN2O2/c1-2-17-10(16)6-5(3-14)4-15-9(13)7(6)8(11)12/h4,8H,2-3,14H2,1H3. The van der Waals surface area contributed by atoms with Crippen molar-refractivity contribution in [2.45, 2.75) is 19.9 Å². The summed E-state index contributed by atoms with van der Waals surface area (Å²) in [5.41, 5.74) is 5.10. The Hall–Kier alpha value is -0.830. The maximum atomic E-state index is 12.9. The van der Waals surface area contributed by atoms with Crippen LogP contribution in [0, 0.1) is 3.70 Å². The smallest absolute Gasteiger partial charge is 0.339 e. The number of carbonyl (C=O) groups excluding carboxylic acids is 1. The van der Waals surface area contributed by atoms with Crippen LogP contribution in [-0.4, -0.2) is 17.6 Å². The number of halogens is 3. The third kappa shape index (κ3) is 3.09.